The summed E-state index contributed by atoms with van der Waals surface area (Å²) in [5, 5.41) is 14.7. The number of aromatic hydroxyl groups is 1. The zero-order valence-electron chi connectivity index (χ0n) is 14.4. The fourth-order valence-corrected chi connectivity index (χ4v) is 3.58. The molecule has 5 heteroatoms. The van der Waals surface area contributed by atoms with Crippen molar-refractivity contribution in [2.24, 2.45) is 0 Å². The van der Waals surface area contributed by atoms with E-state index in [9.17, 15) is 5.11 Å². The second-order valence-electron chi connectivity index (χ2n) is 6.28. The van der Waals surface area contributed by atoms with Crippen molar-refractivity contribution in [2.75, 3.05) is 20.2 Å². The van der Waals surface area contributed by atoms with Crippen LogP contribution in [0.3, 0.4) is 0 Å². The number of benzene rings is 2. The Kier molecular flexibility index (Phi) is 4.53. The number of pyridine rings is 1. The van der Waals surface area contributed by atoms with E-state index in [2.05, 4.69) is 28.5 Å². The average molecular weight is 367 g/mol. The van der Waals surface area contributed by atoms with Gasteiger partial charge >= 0.3 is 0 Å². The van der Waals surface area contributed by atoms with Crippen LogP contribution in [0.2, 0.25) is 5.02 Å². The minimum absolute atomic E-state index is 0.0408. The standard InChI is InChI=1S/C21H19ClN2O2/c1-26-20-12-15(11-18(22)21(20)25)14-2-3-19-17(10-14)16(6-9-24-19)13-4-7-23-8-5-13/h2-4,6,9-12,23,25H,5,7-8H2,1H3. The molecule has 4 nitrogen and oxygen atoms in total. The maximum absolute atomic E-state index is 9.97. The molecule has 0 fully saturated rings. The Balaban J connectivity index is 1.88. The summed E-state index contributed by atoms with van der Waals surface area (Å²) >= 11 is 6.16. The van der Waals surface area contributed by atoms with Gasteiger partial charge in [-0.25, -0.2) is 0 Å². The van der Waals surface area contributed by atoms with Crippen molar-refractivity contribution in [3.05, 3.63) is 59.3 Å². The van der Waals surface area contributed by atoms with Crippen molar-refractivity contribution in [1.29, 1.82) is 0 Å². The van der Waals surface area contributed by atoms with Gasteiger partial charge in [0.05, 0.1) is 17.6 Å². The summed E-state index contributed by atoms with van der Waals surface area (Å²) in [6.45, 7) is 1.88. The van der Waals surface area contributed by atoms with Crippen molar-refractivity contribution in [3.8, 4) is 22.6 Å². The zero-order valence-corrected chi connectivity index (χ0v) is 15.2. The molecule has 0 bridgehead atoms. The number of rotatable bonds is 3. The first-order valence-electron chi connectivity index (χ1n) is 8.53. The smallest absolute Gasteiger partial charge is 0.176 e. The average Bonchev–Trinajstić information content (AvgIpc) is 2.69. The van der Waals surface area contributed by atoms with E-state index >= 15 is 0 Å². The van der Waals surface area contributed by atoms with Gasteiger partial charge in [-0.3, -0.25) is 4.98 Å². The Morgan fingerprint density at radius 2 is 2.04 bits per heavy atom. The molecule has 1 aliphatic rings. The number of hydrogen-bond acceptors (Lipinski definition) is 4. The van der Waals surface area contributed by atoms with E-state index in [1.807, 2.05) is 18.3 Å². The number of fused-ring (bicyclic) bond motifs is 1. The molecule has 0 unspecified atom stereocenters. The van der Waals surface area contributed by atoms with Crippen LogP contribution in [-0.2, 0) is 0 Å². The summed E-state index contributed by atoms with van der Waals surface area (Å²) in [7, 11) is 1.52. The second-order valence-corrected chi connectivity index (χ2v) is 6.69. The molecule has 26 heavy (non-hydrogen) atoms. The van der Waals surface area contributed by atoms with Crippen LogP contribution in [0.25, 0.3) is 27.6 Å². The van der Waals surface area contributed by atoms with E-state index in [-0.39, 0.29) is 10.8 Å². The SMILES string of the molecule is COc1cc(-c2ccc3nccc(C4=CCNCC4)c3c2)cc(Cl)c1O. The van der Waals surface area contributed by atoms with Crippen molar-refractivity contribution >= 4 is 28.1 Å². The Labute approximate surface area is 157 Å². The molecular weight excluding hydrogens is 348 g/mol. The lowest BCUT2D eigenvalue weighted by Crippen LogP contribution is -2.20. The Morgan fingerprint density at radius 1 is 1.15 bits per heavy atom. The topological polar surface area (TPSA) is 54.4 Å². The number of nitrogens with zero attached hydrogens (tertiary/aromatic N) is 1. The van der Waals surface area contributed by atoms with Crippen LogP contribution < -0.4 is 10.1 Å². The van der Waals surface area contributed by atoms with Crippen LogP contribution in [0, 0.1) is 0 Å². The van der Waals surface area contributed by atoms with Crippen LogP contribution in [0.1, 0.15) is 12.0 Å². The fraction of sp³-hybridized carbons (Fsp3) is 0.190. The first-order chi connectivity index (χ1) is 12.7. The van der Waals surface area contributed by atoms with E-state index in [4.69, 9.17) is 16.3 Å². The second kappa shape index (κ2) is 6.98. The quantitative estimate of drug-likeness (QED) is 0.708. The number of halogens is 1. The van der Waals surface area contributed by atoms with E-state index in [0.717, 1.165) is 41.5 Å². The third kappa shape index (κ3) is 3.02. The third-order valence-corrected chi connectivity index (χ3v) is 5.02. The summed E-state index contributed by atoms with van der Waals surface area (Å²) < 4.78 is 5.23. The van der Waals surface area contributed by atoms with Crippen molar-refractivity contribution in [3.63, 3.8) is 0 Å². The van der Waals surface area contributed by atoms with Crippen LogP contribution >= 0.6 is 11.6 Å². The minimum atomic E-state index is -0.0408. The molecule has 2 N–H and O–H groups in total. The Bertz CT molecular complexity index is 1010. The number of methoxy groups -OCH3 is 1. The molecule has 1 aromatic heterocycles. The highest BCUT2D eigenvalue weighted by Gasteiger charge is 2.13. The molecule has 1 aliphatic heterocycles. The molecule has 0 amide bonds. The summed E-state index contributed by atoms with van der Waals surface area (Å²) in [6.07, 6.45) is 5.11. The van der Waals surface area contributed by atoms with Gasteiger partial charge in [0.15, 0.2) is 11.5 Å². The number of ether oxygens (including phenoxy) is 1. The van der Waals surface area contributed by atoms with E-state index in [1.165, 1.54) is 18.2 Å². The highest BCUT2D eigenvalue weighted by Crippen LogP contribution is 2.39. The highest BCUT2D eigenvalue weighted by molar-refractivity contribution is 6.32. The minimum Gasteiger partial charge on any atom is -0.503 e. The van der Waals surface area contributed by atoms with Gasteiger partial charge in [-0.05, 0) is 65.6 Å². The monoisotopic (exact) mass is 366 g/mol. The zero-order chi connectivity index (χ0) is 18.1. The maximum atomic E-state index is 9.97. The fourth-order valence-electron chi connectivity index (χ4n) is 3.37. The lowest BCUT2D eigenvalue weighted by molar-refractivity contribution is 0.374. The number of phenols is 1. The maximum Gasteiger partial charge on any atom is 0.176 e. The van der Waals surface area contributed by atoms with Crippen LogP contribution in [0.5, 0.6) is 11.5 Å². The summed E-state index contributed by atoms with van der Waals surface area (Å²) in [5.74, 6) is 0.320. The molecule has 2 aromatic carbocycles. The molecule has 0 radical (unpaired) electrons. The molecule has 0 saturated heterocycles. The number of hydrogen-bond donors (Lipinski definition) is 2. The number of aromatic nitrogens is 1. The lowest BCUT2D eigenvalue weighted by Gasteiger charge is -2.16. The summed E-state index contributed by atoms with van der Waals surface area (Å²) in [4.78, 5) is 4.50. The lowest BCUT2D eigenvalue weighted by atomic mass is 9.94. The van der Waals surface area contributed by atoms with Gasteiger partial charge in [0.2, 0.25) is 0 Å². The van der Waals surface area contributed by atoms with Crippen molar-refractivity contribution in [1.82, 2.24) is 10.3 Å². The molecule has 4 rings (SSSR count). The van der Waals surface area contributed by atoms with E-state index in [0.29, 0.717) is 5.75 Å². The predicted molar refractivity (Wildman–Crippen MR) is 106 cm³/mol. The van der Waals surface area contributed by atoms with Crippen molar-refractivity contribution < 1.29 is 9.84 Å². The van der Waals surface area contributed by atoms with Crippen LogP contribution in [-0.4, -0.2) is 30.3 Å². The molecule has 0 aliphatic carbocycles. The summed E-state index contributed by atoms with van der Waals surface area (Å²) in [6, 6.07) is 11.8. The molecule has 0 atom stereocenters. The largest absolute Gasteiger partial charge is 0.503 e. The first-order valence-corrected chi connectivity index (χ1v) is 8.91. The number of nitrogens with one attached hydrogen (secondary N) is 1. The van der Waals surface area contributed by atoms with Gasteiger partial charge in [-0.15, -0.1) is 0 Å². The molecular formula is C21H19ClN2O2. The number of phenolic OH excluding ortho intramolecular Hbond substituents is 1. The Morgan fingerprint density at radius 3 is 2.81 bits per heavy atom. The van der Waals surface area contributed by atoms with Gasteiger partial charge in [-0.2, -0.15) is 0 Å². The highest BCUT2D eigenvalue weighted by atomic mass is 35.5. The van der Waals surface area contributed by atoms with E-state index < -0.39 is 0 Å². The molecule has 3 aromatic rings. The molecule has 132 valence electrons. The predicted octanol–water partition coefficient (Wildman–Crippen LogP) is 4.65. The van der Waals surface area contributed by atoms with Crippen LogP contribution in [0.15, 0.2) is 48.7 Å². The van der Waals surface area contributed by atoms with Gasteiger partial charge in [0, 0.05) is 18.1 Å². The summed E-state index contributed by atoms with van der Waals surface area (Å²) in [5.41, 5.74) is 5.41. The van der Waals surface area contributed by atoms with Crippen LogP contribution in [0.4, 0.5) is 0 Å². The van der Waals surface area contributed by atoms with Gasteiger partial charge in [0.1, 0.15) is 0 Å². The first kappa shape index (κ1) is 16.9. The van der Waals surface area contributed by atoms with E-state index in [1.54, 1.807) is 12.1 Å². The van der Waals surface area contributed by atoms with Gasteiger partial charge in [-0.1, -0.05) is 23.7 Å². The van der Waals surface area contributed by atoms with Gasteiger partial charge < -0.3 is 15.2 Å². The normalized spacial score (nSPS) is 14.3. The molecule has 2 heterocycles. The molecule has 0 spiro atoms. The Hall–Kier alpha value is -2.56. The third-order valence-electron chi connectivity index (χ3n) is 4.73. The van der Waals surface area contributed by atoms with Crippen molar-refractivity contribution in [2.45, 2.75) is 6.42 Å². The van der Waals surface area contributed by atoms with Gasteiger partial charge in [0.25, 0.3) is 0 Å². The molecule has 0 saturated carbocycles.